The van der Waals surface area contributed by atoms with Gasteiger partial charge in [0.05, 0.1) is 0 Å². The number of amides is 1. The van der Waals surface area contributed by atoms with Gasteiger partial charge in [0, 0.05) is 5.91 Å². The van der Waals surface area contributed by atoms with Crippen molar-refractivity contribution in [1.82, 2.24) is 0 Å². The largest absolute Gasteiger partial charge is 2.00 e. The minimum atomic E-state index is -0.583. The Bertz CT molecular complexity index is 33.8. The van der Waals surface area contributed by atoms with Gasteiger partial charge in [0.1, 0.15) is 0 Å². The van der Waals surface area contributed by atoms with Gasteiger partial charge in [-0.2, -0.15) is 0 Å². The third-order valence-corrected chi connectivity index (χ3v) is 0. The van der Waals surface area contributed by atoms with Gasteiger partial charge in [-0.05, 0) is 6.92 Å². The zero-order valence-corrected chi connectivity index (χ0v) is 6.75. The van der Waals surface area contributed by atoms with Gasteiger partial charge < -0.3 is 18.0 Å². The van der Waals surface area contributed by atoms with Crippen LogP contribution in [0.25, 0.3) is 5.73 Å². The first kappa shape index (κ1) is 16.4. The molecule has 0 saturated heterocycles. The second-order valence-corrected chi connectivity index (χ2v) is 0.556. The Morgan fingerprint density at radius 1 is 1.67 bits per heavy atom. The smallest absolute Gasteiger partial charge is 0.668 e. The maximum absolute atomic E-state index is 9.11. The third kappa shape index (κ3) is 1660. The Morgan fingerprint density at radius 2 is 1.67 bits per heavy atom. The minimum Gasteiger partial charge on any atom is -0.668 e. The van der Waals surface area contributed by atoms with Crippen molar-refractivity contribution >= 4 is 5.91 Å². The fourth-order valence-corrected chi connectivity index (χ4v) is 0. The van der Waals surface area contributed by atoms with Crippen molar-refractivity contribution in [2.24, 2.45) is 0 Å². The molecule has 0 saturated carbocycles. The number of hydrogen-bond acceptors (Lipinski definition) is 1. The summed E-state index contributed by atoms with van der Waals surface area (Å²) in [6.07, 6.45) is 0. The monoisotopic (exact) mass is 257 g/mol. The standard InChI is InChI=1S/C2H5NO.CH3.W/c1-2(3)4;;/h1H3,(H2,3,4);1H3;/q;-1;+2/p-1. The molecular weight excluding hydrogens is 250 g/mol. The van der Waals surface area contributed by atoms with E-state index in [0.717, 1.165) is 0 Å². The molecule has 6 heavy (non-hydrogen) atoms. The Kier molecular flexibility index (Phi) is 24.5. The Hall–Kier alpha value is 0.158. The molecule has 3 heteroatoms. The molecule has 2 nitrogen and oxygen atoms in total. The van der Waals surface area contributed by atoms with Crippen molar-refractivity contribution in [1.29, 1.82) is 0 Å². The van der Waals surface area contributed by atoms with Gasteiger partial charge in [0.2, 0.25) is 0 Å². The second-order valence-electron chi connectivity index (χ2n) is 0.556. The molecule has 0 atom stereocenters. The maximum atomic E-state index is 9.11. The zero-order valence-electron chi connectivity index (χ0n) is 3.82. The van der Waals surface area contributed by atoms with Crippen molar-refractivity contribution in [3.05, 3.63) is 13.2 Å². The summed E-state index contributed by atoms with van der Waals surface area (Å²) >= 11 is 0. The van der Waals surface area contributed by atoms with E-state index in [1.54, 1.807) is 0 Å². The molecule has 0 rings (SSSR count). The van der Waals surface area contributed by atoms with E-state index in [1.807, 2.05) is 0 Å². The number of nitrogens with one attached hydrogen (secondary N) is 1. The van der Waals surface area contributed by atoms with Crippen molar-refractivity contribution in [2.45, 2.75) is 6.92 Å². The summed E-state index contributed by atoms with van der Waals surface area (Å²) in [5.74, 6) is -0.583. The zero-order chi connectivity index (χ0) is 3.58. The second kappa shape index (κ2) is 8.94. The molecular formula is C3H7NOW. The van der Waals surface area contributed by atoms with Gasteiger partial charge in [-0.25, -0.2) is 0 Å². The van der Waals surface area contributed by atoms with E-state index in [4.69, 9.17) is 10.5 Å². The van der Waals surface area contributed by atoms with Crippen LogP contribution < -0.4 is 0 Å². The van der Waals surface area contributed by atoms with Crippen LogP contribution in [0.5, 0.6) is 0 Å². The summed E-state index contributed by atoms with van der Waals surface area (Å²) in [5, 5.41) is 0. The third-order valence-electron chi connectivity index (χ3n) is 0. The van der Waals surface area contributed by atoms with Crippen molar-refractivity contribution in [3.63, 3.8) is 0 Å². The van der Waals surface area contributed by atoms with Crippen LogP contribution >= 0.6 is 0 Å². The van der Waals surface area contributed by atoms with Crippen LogP contribution in [0.1, 0.15) is 6.92 Å². The van der Waals surface area contributed by atoms with Crippen LogP contribution in [0.15, 0.2) is 0 Å². The summed E-state index contributed by atoms with van der Waals surface area (Å²) in [6.45, 7) is 1.19. The fourth-order valence-electron chi connectivity index (χ4n) is 0. The molecule has 1 amide bonds. The molecule has 0 radical (unpaired) electrons. The number of hydrogen-bond donors (Lipinski definition) is 0. The predicted molar refractivity (Wildman–Crippen MR) is 21.4 cm³/mol. The fraction of sp³-hybridized carbons (Fsp3) is 0.333. The summed E-state index contributed by atoms with van der Waals surface area (Å²) in [5.41, 5.74) is 5.94. The van der Waals surface area contributed by atoms with Gasteiger partial charge in [-0.1, -0.05) is 0 Å². The quantitative estimate of drug-likeness (QED) is 0.597. The predicted octanol–water partition coefficient (Wildman–Crippen LogP) is 1.03. The molecule has 0 aliphatic rings. The van der Waals surface area contributed by atoms with E-state index >= 15 is 0 Å². The first-order valence-corrected chi connectivity index (χ1v) is 0.954. The molecule has 1 N–H and O–H groups in total. The molecule has 0 aliphatic carbocycles. The molecule has 0 spiro atoms. The first-order chi connectivity index (χ1) is 1.73. The minimum absolute atomic E-state index is 0. The molecule has 0 aromatic carbocycles. The Labute approximate surface area is 52.4 Å². The van der Waals surface area contributed by atoms with Gasteiger partial charge in [0.15, 0.2) is 0 Å². The average molecular weight is 257 g/mol. The van der Waals surface area contributed by atoms with Crippen molar-refractivity contribution < 1.29 is 25.9 Å². The van der Waals surface area contributed by atoms with Gasteiger partial charge in [-0.15, -0.1) is 0 Å². The van der Waals surface area contributed by atoms with E-state index in [2.05, 4.69) is 0 Å². The SMILES string of the molecule is CC([NH-])=O.[CH3-].[W+2]. The van der Waals surface area contributed by atoms with Crippen LogP contribution in [0.2, 0.25) is 0 Å². The van der Waals surface area contributed by atoms with Crippen LogP contribution in [0.4, 0.5) is 0 Å². The van der Waals surface area contributed by atoms with E-state index in [0.29, 0.717) is 0 Å². The average Bonchev–Trinajstić information content (AvgIpc) is 0.811. The van der Waals surface area contributed by atoms with Crippen molar-refractivity contribution in [2.75, 3.05) is 0 Å². The summed E-state index contributed by atoms with van der Waals surface area (Å²) in [6, 6.07) is 0. The van der Waals surface area contributed by atoms with Crippen LogP contribution in [0, 0.1) is 7.43 Å². The number of rotatable bonds is 0. The number of carbonyl (C=O) groups excluding carboxylic acids is 1. The van der Waals surface area contributed by atoms with Crippen LogP contribution in [-0.2, 0) is 25.9 Å². The van der Waals surface area contributed by atoms with E-state index in [1.165, 1.54) is 6.92 Å². The van der Waals surface area contributed by atoms with Crippen LogP contribution in [0.3, 0.4) is 0 Å². The normalized spacial score (nSPS) is 4.17. The molecule has 36 valence electrons. The Morgan fingerprint density at radius 3 is 1.67 bits per heavy atom. The van der Waals surface area contributed by atoms with E-state index < -0.39 is 5.91 Å². The maximum Gasteiger partial charge on any atom is 2.00 e. The van der Waals surface area contributed by atoms with E-state index in [9.17, 15) is 0 Å². The number of carbonyl (C=O) groups is 1. The van der Waals surface area contributed by atoms with Gasteiger partial charge >= 0.3 is 21.1 Å². The van der Waals surface area contributed by atoms with E-state index in [-0.39, 0.29) is 28.5 Å². The molecule has 0 heterocycles. The Balaban J connectivity index is -0.0000000450. The molecule has 0 aromatic rings. The summed E-state index contributed by atoms with van der Waals surface area (Å²) < 4.78 is 0. The summed E-state index contributed by atoms with van der Waals surface area (Å²) in [4.78, 5) is 9.11. The molecule has 0 unspecified atom stereocenters. The van der Waals surface area contributed by atoms with Gasteiger partial charge in [-0.3, -0.25) is 0 Å². The molecule has 0 aliphatic heterocycles. The first-order valence-electron chi connectivity index (χ1n) is 0.954. The van der Waals surface area contributed by atoms with Crippen molar-refractivity contribution in [3.8, 4) is 0 Å². The molecule has 0 bridgehead atoms. The topological polar surface area (TPSA) is 40.9 Å². The summed E-state index contributed by atoms with van der Waals surface area (Å²) in [7, 11) is 0. The van der Waals surface area contributed by atoms with Crippen LogP contribution in [-0.4, -0.2) is 5.91 Å². The van der Waals surface area contributed by atoms with Gasteiger partial charge in [0.25, 0.3) is 0 Å². The molecule has 0 fully saturated rings. The molecule has 0 aromatic heterocycles.